The highest BCUT2D eigenvalue weighted by atomic mass is 35.5. The molecule has 2 heterocycles. The number of rotatable bonds is 10. The van der Waals surface area contributed by atoms with Gasteiger partial charge in [0.25, 0.3) is 0 Å². The van der Waals surface area contributed by atoms with Crippen molar-refractivity contribution in [1.82, 2.24) is 20.9 Å². The molecule has 2 aromatic rings. The first-order valence-corrected chi connectivity index (χ1v) is 12.9. The average molecular weight is 520 g/mol. The van der Waals surface area contributed by atoms with Crippen LogP contribution in [0.1, 0.15) is 38.1 Å². The molecule has 11 heteroatoms. The molecule has 1 aliphatic rings. The number of hydrogen-bond donors (Lipinski definition) is 3. The molecule has 35 heavy (non-hydrogen) atoms. The lowest BCUT2D eigenvalue weighted by molar-refractivity contribution is -0.130. The van der Waals surface area contributed by atoms with Crippen molar-refractivity contribution in [1.29, 1.82) is 5.26 Å². The Bertz CT molecular complexity index is 1100. The second kappa shape index (κ2) is 12.8. The SMILES string of the molecule is CCC(=O)N[C@@H](Cc1nc2ccc(Cl)cc2s1)C(=O)NC(CNC(=O)C(C)C#N)C1CCOCC1. The van der Waals surface area contributed by atoms with Crippen LogP contribution in [0.5, 0.6) is 0 Å². The van der Waals surface area contributed by atoms with Crippen LogP contribution in [-0.4, -0.2) is 54.5 Å². The molecule has 1 saturated heterocycles. The lowest BCUT2D eigenvalue weighted by Gasteiger charge is -2.32. The first-order valence-electron chi connectivity index (χ1n) is 11.7. The molecule has 1 aliphatic heterocycles. The summed E-state index contributed by atoms with van der Waals surface area (Å²) in [6.07, 6.45) is 1.94. The summed E-state index contributed by atoms with van der Waals surface area (Å²) in [5, 5.41) is 18.9. The molecule has 3 N–H and O–H groups in total. The number of nitrogens with one attached hydrogen (secondary N) is 3. The van der Waals surface area contributed by atoms with Gasteiger partial charge in [0.05, 0.1) is 21.3 Å². The van der Waals surface area contributed by atoms with E-state index in [0.717, 1.165) is 23.1 Å². The fourth-order valence-corrected chi connectivity index (χ4v) is 5.16. The third-order valence-electron chi connectivity index (χ3n) is 5.99. The lowest BCUT2D eigenvalue weighted by atomic mass is 9.91. The van der Waals surface area contributed by atoms with Crippen molar-refractivity contribution in [3.8, 4) is 6.07 Å². The van der Waals surface area contributed by atoms with Crippen molar-refractivity contribution in [3.05, 3.63) is 28.2 Å². The number of ether oxygens (including phenoxy) is 1. The van der Waals surface area contributed by atoms with Gasteiger partial charge in [-0.25, -0.2) is 4.98 Å². The van der Waals surface area contributed by atoms with Crippen LogP contribution in [0.25, 0.3) is 10.2 Å². The zero-order valence-corrected chi connectivity index (χ0v) is 21.4. The molecule has 2 unspecified atom stereocenters. The molecular weight excluding hydrogens is 490 g/mol. The molecule has 3 rings (SSSR count). The van der Waals surface area contributed by atoms with Crippen molar-refractivity contribution in [2.24, 2.45) is 11.8 Å². The van der Waals surface area contributed by atoms with E-state index in [4.69, 9.17) is 21.6 Å². The number of fused-ring (bicyclic) bond motifs is 1. The van der Waals surface area contributed by atoms with Crippen molar-refractivity contribution >= 4 is 50.9 Å². The van der Waals surface area contributed by atoms with Crippen LogP contribution < -0.4 is 16.0 Å². The van der Waals surface area contributed by atoms with Crippen LogP contribution in [0, 0.1) is 23.2 Å². The van der Waals surface area contributed by atoms with E-state index in [1.54, 1.807) is 13.0 Å². The Morgan fingerprint density at radius 3 is 2.69 bits per heavy atom. The number of amides is 3. The molecule has 0 aliphatic carbocycles. The number of thiazole rings is 1. The number of carbonyl (C=O) groups is 3. The van der Waals surface area contributed by atoms with Gasteiger partial charge in [-0.2, -0.15) is 5.26 Å². The summed E-state index contributed by atoms with van der Waals surface area (Å²) < 4.78 is 6.36. The van der Waals surface area contributed by atoms with Gasteiger partial charge < -0.3 is 20.7 Å². The van der Waals surface area contributed by atoms with Crippen LogP contribution in [0.15, 0.2) is 18.2 Å². The summed E-state index contributed by atoms with van der Waals surface area (Å²) >= 11 is 7.51. The summed E-state index contributed by atoms with van der Waals surface area (Å²) in [4.78, 5) is 42.4. The smallest absolute Gasteiger partial charge is 0.243 e. The monoisotopic (exact) mass is 519 g/mol. The van der Waals surface area contributed by atoms with E-state index in [9.17, 15) is 14.4 Å². The van der Waals surface area contributed by atoms with Crippen molar-refractivity contribution < 1.29 is 19.1 Å². The number of aromatic nitrogens is 1. The normalized spacial score (nSPS) is 16.6. The van der Waals surface area contributed by atoms with Gasteiger partial charge >= 0.3 is 0 Å². The first-order chi connectivity index (χ1) is 16.8. The molecule has 3 atom stereocenters. The van der Waals surface area contributed by atoms with E-state index in [1.165, 1.54) is 18.3 Å². The standard InChI is InChI=1S/C24H30ClN5O4S/c1-3-21(31)28-18(11-22-29-17-5-4-16(25)10-20(17)35-22)24(33)30-19(15-6-8-34-9-7-15)13-27-23(32)14(2)12-26/h4-5,10,14-15,18-19H,3,6-9,11,13H2,1-2H3,(H,27,32)(H,28,31)(H,30,33)/t14?,18-,19?/m0/s1. The Hall–Kier alpha value is -2.74. The highest BCUT2D eigenvalue weighted by Gasteiger charge is 2.30. The van der Waals surface area contributed by atoms with Crippen LogP contribution >= 0.6 is 22.9 Å². The number of carbonyl (C=O) groups excluding carboxylic acids is 3. The van der Waals surface area contributed by atoms with Gasteiger partial charge in [0.2, 0.25) is 17.7 Å². The number of benzene rings is 1. The Labute approximate surface area is 213 Å². The minimum Gasteiger partial charge on any atom is -0.381 e. The van der Waals surface area contributed by atoms with Crippen LogP contribution in [0.4, 0.5) is 0 Å². The van der Waals surface area contributed by atoms with Crippen molar-refractivity contribution in [2.45, 2.75) is 51.6 Å². The second-order valence-corrected chi connectivity index (χ2v) is 10.1. The lowest BCUT2D eigenvalue weighted by Crippen LogP contribution is -2.55. The summed E-state index contributed by atoms with van der Waals surface area (Å²) in [6.45, 7) is 4.59. The Kier molecular flexibility index (Phi) is 9.83. The molecule has 0 radical (unpaired) electrons. The van der Waals surface area contributed by atoms with Crippen molar-refractivity contribution in [2.75, 3.05) is 19.8 Å². The largest absolute Gasteiger partial charge is 0.381 e. The molecule has 0 spiro atoms. The zero-order valence-electron chi connectivity index (χ0n) is 19.8. The quantitative estimate of drug-likeness (QED) is 0.442. The molecule has 0 bridgehead atoms. The predicted molar refractivity (Wildman–Crippen MR) is 134 cm³/mol. The third kappa shape index (κ3) is 7.62. The van der Waals surface area contributed by atoms with Gasteiger partial charge in [-0.3, -0.25) is 14.4 Å². The summed E-state index contributed by atoms with van der Waals surface area (Å²) in [6, 6.07) is 6.13. The highest BCUT2D eigenvalue weighted by Crippen LogP contribution is 2.26. The van der Waals surface area contributed by atoms with E-state index >= 15 is 0 Å². The van der Waals surface area contributed by atoms with Gasteiger partial charge in [0.1, 0.15) is 12.0 Å². The maximum absolute atomic E-state index is 13.4. The molecule has 1 aromatic heterocycles. The van der Waals surface area contributed by atoms with Crippen LogP contribution in [0.3, 0.4) is 0 Å². The molecule has 188 valence electrons. The minimum absolute atomic E-state index is 0.0949. The number of halogens is 1. The molecule has 1 fully saturated rings. The van der Waals surface area contributed by atoms with Crippen LogP contribution in [0.2, 0.25) is 5.02 Å². The highest BCUT2D eigenvalue weighted by molar-refractivity contribution is 7.18. The Balaban J connectivity index is 1.76. The maximum atomic E-state index is 13.4. The van der Waals surface area contributed by atoms with Gasteiger partial charge in [-0.05, 0) is 43.9 Å². The average Bonchev–Trinajstić information content (AvgIpc) is 3.26. The Morgan fingerprint density at radius 1 is 1.26 bits per heavy atom. The fraction of sp³-hybridized carbons (Fsp3) is 0.542. The summed E-state index contributed by atoms with van der Waals surface area (Å²) in [5.74, 6) is -1.67. The zero-order chi connectivity index (χ0) is 25.4. The predicted octanol–water partition coefficient (Wildman–Crippen LogP) is 2.57. The maximum Gasteiger partial charge on any atom is 0.243 e. The topological polar surface area (TPSA) is 133 Å². The second-order valence-electron chi connectivity index (χ2n) is 8.56. The van der Waals surface area contributed by atoms with E-state index in [0.29, 0.717) is 23.2 Å². The van der Waals surface area contributed by atoms with E-state index < -0.39 is 12.0 Å². The fourth-order valence-electron chi connectivity index (χ4n) is 3.87. The van der Waals surface area contributed by atoms with Crippen molar-refractivity contribution in [3.63, 3.8) is 0 Å². The van der Waals surface area contributed by atoms with E-state index in [1.807, 2.05) is 18.2 Å². The van der Waals surface area contributed by atoms with Gasteiger partial charge in [0, 0.05) is 43.7 Å². The van der Waals surface area contributed by atoms with Gasteiger partial charge in [-0.15, -0.1) is 11.3 Å². The van der Waals surface area contributed by atoms with Gasteiger partial charge in [-0.1, -0.05) is 18.5 Å². The first kappa shape index (κ1) is 26.9. The molecule has 0 saturated carbocycles. The molecule has 9 nitrogen and oxygen atoms in total. The van der Waals surface area contributed by atoms with Gasteiger partial charge in [0.15, 0.2) is 0 Å². The molecular formula is C24H30ClN5O4S. The minimum atomic E-state index is -0.824. The molecule has 1 aromatic carbocycles. The number of nitrogens with zero attached hydrogens (tertiary/aromatic N) is 2. The van der Waals surface area contributed by atoms with E-state index in [2.05, 4.69) is 20.9 Å². The number of nitriles is 1. The number of hydrogen-bond acceptors (Lipinski definition) is 7. The Morgan fingerprint density at radius 2 is 2.00 bits per heavy atom. The van der Waals surface area contributed by atoms with Crippen LogP contribution in [-0.2, 0) is 25.5 Å². The molecule has 3 amide bonds. The van der Waals surface area contributed by atoms with E-state index in [-0.39, 0.29) is 49.1 Å². The summed E-state index contributed by atoms with van der Waals surface area (Å²) in [5.41, 5.74) is 0.782. The third-order valence-corrected chi connectivity index (χ3v) is 7.27. The summed E-state index contributed by atoms with van der Waals surface area (Å²) in [7, 11) is 0.